The van der Waals surface area contributed by atoms with Crippen LogP contribution in [0.5, 0.6) is 0 Å². The topological polar surface area (TPSA) is 23.6 Å². The van der Waals surface area contributed by atoms with Crippen molar-refractivity contribution in [3.05, 3.63) is 65.2 Å². The number of carbonyl (C=O) groups is 1. The normalized spacial score (nSPS) is 19.9. The first-order valence-electron chi connectivity index (χ1n) is 7.44. The van der Waals surface area contributed by atoms with Gasteiger partial charge in [0.15, 0.2) is 0 Å². The Morgan fingerprint density at radius 2 is 1.95 bits per heavy atom. The van der Waals surface area contributed by atoms with Crippen molar-refractivity contribution >= 4 is 11.7 Å². The summed E-state index contributed by atoms with van der Waals surface area (Å²) in [5.74, 6) is 0. The number of rotatable bonds is 2. The second-order valence-electron chi connectivity index (χ2n) is 6.01. The van der Waals surface area contributed by atoms with Crippen molar-refractivity contribution in [2.45, 2.75) is 25.9 Å². The van der Waals surface area contributed by atoms with Crippen LogP contribution in [0.15, 0.2) is 48.5 Å². The highest BCUT2D eigenvalue weighted by atomic mass is 16.2. The first-order valence-corrected chi connectivity index (χ1v) is 7.44. The molecule has 4 rings (SSSR count). The van der Waals surface area contributed by atoms with Gasteiger partial charge in [-0.3, -0.25) is 4.90 Å². The molecule has 106 valence electrons. The van der Waals surface area contributed by atoms with E-state index in [0.717, 1.165) is 18.7 Å². The summed E-state index contributed by atoms with van der Waals surface area (Å²) in [5.41, 5.74) is 4.87. The maximum Gasteiger partial charge on any atom is 0.325 e. The zero-order chi connectivity index (χ0) is 14.4. The van der Waals surface area contributed by atoms with E-state index in [0.29, 0.717) is 12.6 Å². The van der Waals surface area contributed by atoms with E-state index < -0.39 is 0 Å². The molecular weight excluding hydrogens is 260 g/mol. The summed E-state index contributed by atoms with van der Waals surface area (Å²) < 4.78 is 0. The average molecular weight is 278 g/mol. The summed E-state index contributed by atoms with van der Waals surface area (Å²) in [4.78, 5) is 16.6. The molecule has 0 bridgehead atoms. The molecule has 2 amide bonds. The summed E-state index contributed by atoms with van der Waals surface area (Å²) in [5, 5.41) is 0. The third kappa shape index (κ3) is 2.00. The highest BCUT2D eigenvalue weighted by Crippen LogP contribution is 2.37. The fourth-order valence-electron chi connectivity index (χ4n) is 3.48. The molecule has 2 aromatic carbocycles. The van der Waals surface area contributed by atoms with E-state index >= 15 is 0 Å². The van der Waals surface area contributed by atoms with E-state index in [9.17, 15) is 4.79 Å². The number of hydrogen-bond acceptors (Lipinski definition) is 1. The molecule has 1 atom stereocenters. The zero-order valence-electron chi connectivity index (χ0n) is 12.1. The number of nitrogens with zero attached hydrogens (tertiary/aromatic N) is 2. The minimum atomic E-state index is 0.145. The molecule has 2 heterocycles. The molecule has 0 aliphatic carbocycles. The molecule has 1 saturated heterocycles. The monoisotopic (exact) mass is 278 g/mol. The molecule has 0 radical (unpaired) electrons. The highest BCUT2D eigenvalue weighted by Gasteiger charge is 2.43. The van der Waals surface area contributed by atoms with Crippen LogP contribution in [0.25, 0.3) is 0 Å². The molecule has 1 unspecified atom stereocenters. The van der Waals surface area contributed by atoms with Crippen molar-refractivity contribution in [2.75, 3.05) is 11.4 Å². The van der Waals surface area contributed by atoms with Crippen LogP contribution in [0.4, 0.5) is 10.5 Å². The van der Waals surface area contributed by atoms with Crippen LogP contribution in [-0.2, 0) is 13.0 Å². The van der Waals surface area contributed by atoms with Gasteiger partial charge in [0.05, 0.1) is 6.04 Å². The lowest BCUT2D eigenvalue weighted by Gasteiger charge is -2.18. The molecule has 0 aromatic heterocycles. The van der Waals surface area contributed by atoms with Gasteiger partial charge < -0.3 is 4.90 Å². The summed E-state index contributed by atoms with van der Waals surface area (Å²) >= 11 is 0. The lowest BCUT2D eigenvalue weighted by atomic mass is 10.1. The maximum atomic E-state index is 12.7. The smallest absolute Gasteiger partial charge is 0.318 e. The molecule has 2 aliphatic heterocycles. The largest absolute Gasteiger partial charge is 0.325 e. The van der Waals surface area contributed by atoms with Gasteiger partial charge in [-0.25, -0.2) is 4.79 Å². The van der Waals surface area contributed by atoms with Crippen molar-refractivity contribution in [2.24, 2.45) is 0 Å². The lowest BCUT2D eigenvalue weighted by molar-refractivity contribution is 0.218. The third-order valence-electron chi connectivity index (χ3n) is 4.44. The second kappa shape index (κ2) is 4.62. The first-order chi connectivity index (χ1) is 10.2. The minimum absolute atomic E-state index is 0.145. The van der Waals surface area contributed by atoms with Gasteiger partial charge in [-0.05, 0) is 30.5 Å². The van der Waals surface area contributed by atoms with Crippen LogP contribution in [-0.4, -0.2) is 23.5 Å². The number of urea groups is 1. The molecule has 0 spiro atoms. The molecule has 2 aliphatic rings. The van der Waals surface area contributed by atoms with Crippen molar-refractivity contribution in [3.8, 4) is 0 Å². The number of fused-ring (bicyclic) bond motifs is 3. The first kappa shape index (κ1) is 12.5. The van der Waals surface area contributed by atoms with Crippen molar-refractivity contribution in [3.63, 3.8) is 0 Å². The number of benzene rings is 2. The predicted molar refractivity (Wildman–Crippen MR) is 83.4 cm³/mol. The summed E-state index contributed by atoms with van der Waals surface area (Å²) in [6, 6.07) is 17.0. The fourth-order valence-corrected chi connectivity index (χ4v) is 3.48. The number of carbonyl (C=O) groups excluding carboxylic acids is 1. The third-order valence-corrected chi connectivity index (χ3v) is 4.44. The second-order valence-corrected chi connectivity index (χ2v) is 6.01. The van der Waals surface area contributed by atoms with Gasteiger partial charge in [-0.2, -0.15) is 0 Å². The van der Waals surface area contributed by atoms with Crippen molar-refractivity contribution < 1.29 is 4.79 Å². The quantitative estimate of drug-likeness (QED) is 0.826. The van der Waals surface area contributed by atoms with Crippen LogP contribution in [0.2, 0.25) is 0 Å². The Bertz CT molecular complexity index is 696. The fraction of sp³-hybridized carbons (Fsp3) is 0.278. The summed E-state index contributed by atoms with van der Waals surface area (Å²) in [7, 11) is 0. The van der Waals surface area contributed by atoms with E-state index in [4.69, 9.17) is 0 Å². The molecule has 2 aromatic rings. The van der Waals surface area contributed by atoms with E-state index in [1.807, 2.05) is 28.0 Å². The Labute approximate surface area is 124 Å². The lowest BCUT2D eigenvalue weighted by Crippen LogP contribution is -2.32. The molecule has 0 N–H and O–H groups in total. The van der Waals surface area contributed by atoms with E-state index in [1.54, 1.807) is 0 Å². The Morgan fingerprint density at radius 3 is 2.76 bits per heavy atom. The summed E-state index contributed by atoms with van der Waals surface area (Å²) in [6.07, 6.45) is 0.980. The van der Waals surface area contributed by atoms with Gasteiger partial charge in [0.25, 0.3) is 0 Å². The van der Waals surface area contributed by atoms with Crippen molar-refractivity contribution in [1.82, 2.24) is 4.90 Å². The maximum absolute atomic E-state index is 12.7. The predicted octanol–water partition coefficient (Wildman–Crippen LogP) is 3.36. The molecule has 1 fully saturated rings. The van der Waals surface area contributed by atoms with E-state index in [1.165, 1.54) is 16.7 Å². The van der Waals surface area contributed by atoms with Crippen LogP contribution in [0, 0.1) is 6.92 Å². The van der Waals surface area contributed by atoms with Gasteiger partial charge in [0.2, 0.25) is 0 Å². The van der Waals surface area contributed by atoms with E-state index in [2.05, 4.69) is 37.3 Å². The van der Waals surface area contributed by atoms with E-state index in [-0.39, 0.29) is 6.03 Å². The summed E-state index contributed by atoms with van der Waals surface area (Å²) in [6.45, 7) is 3.63. The molecule has 3 nitrogen and oxygen atoms in total. The molecular formula is C18H18N2O. The highest BCUT2D eigenvalue weighted by molar-refractivity contribution is 5.97. The van der Waals surface area contributed by atoms with Gasteiger partial charge >= 0.3 is 6.03 Å². The van der Waals surface area contributed by atoms with Crippen LogP contribution >= 0.6 is 0 Å². The Hall–Kier alpha value is -2.29. The number of hydrogen-bond donors (Lipinski definition) is 0. The van der Waals surface area contributed by atoms with Gasteiger partial charge in [0, 0.05) is 18.8 Å². The molecule has 21 heavy (non-hydrogen) atoms. The number of anilines is 1. The van der Waals surface area contributed by atoms with Crippen LogP contribution < -0.4 is 4.90 Å². The van der Waals surface area contributed by atoms with Gasteiger partial charge in [-0.1, -0.05) is 48.0 Å². The SMILES string of the molecule is Cc1ccc2c(c1)CC1CN(Cc3ccccc3)C(=O)N21. The Morgan fingerprint density at radius 1 is 1.14 bits per heavy atom. The standard InChI is InChI=1S/C18H18N2O/c1-13-7-8-17-15(9-13)10-16-12-19(18(21)20(16)17)11-14-5-3-2-4-6-14/h2-9,16H,10-12H2,1H3. The average Bonchev–Trinajstić information content (AvgIpc) is 2.97. The van der Waals surface area contributed by atoms with Gasteiger partial charge in [0.1, 0.15) is 0 Å². The Balaban J connectivity index is 1.59. The minimum Gasteiger partial charge on any atom is -0.318 e. The van der Waals surface area contributed by atoms with Crippen LogP contribution in [0.3, 0.4) is 0 Å². The van der Waals surface area contributed by atoms with Gasteiger partial charge in [-0.15, -0.1) is 0 Å². The Kier molecular flexibility index (Phi) is 2.74. The molecule has 0 saturated carbocycles. The van der Waals surface area contributed by atoms with Crippen LogP contribution in [0.1, 0.15) is 16.7 Å². The number of amides is 2. The molecule has 3 heteroatoms. The zero-order valence-corrected chi connectivity index (χ0v) is 12.1. The number of aryl methyl sites for hydroxylation is 1. The van der Waals surface area contributed by atoms with Crippen molar-refractivity contribution in [1.29, 1.82) is 0 Å².